The van der Waals surface area contributed by atoms with E-state index in [2.05, 4.69) is 66.2 Å². The number of likely N-dealkylation sites (N-methyl/N-ethyl adjacent to an activating group) is 1. The molecule has 0 saturated carbocycles. The maximum absolute atomic E-state index is 9.82. The number of nitrogens with one attached hydrogen (secondary N) is 1. The van der Waals surface area contributed by atoms with Crippen LogP contribution in [-0.2, 0) is 6.42 Å². The minimum atomic E-state index is -0.230. The van der Waals surface area contributed by atoms with Crippen LogP contribution in [0.1, 0.15) is 32.8 Å². The Hall–Kier alpha value is -0.860. The number of aliphatic hydroxyl groups is 1. The number of nitrogens with zero attached hydrogens (tertiary/aromatic N) is 3. The van der Waals surface area contributed by atoms with E-state index in [0.29, 0.717) is 12.6 Å². The van der Waals surface area contributed by atoms with Crippen LogP contribution in [0.4, 0.5) is 0 Å². The average Bonchev–Trinajstić information content (AvgIpc) is 3.06. The maximum atomic E-state index is 9.82. The van der Waals surface area contributed by atoms with Crippen LogP contribution >= 0.6 is 24.0 Å². The third kappa shape index (κ3) is 7.04. The highest BCUT2D eigenvalue weighted by Gasteiger charge is 2.23. The molecule has 2 atom stereocenters. The molecule has 1 fully saturated rings. The number of hydrogen-bond donors (Lipinski definition) is 2. The molecule has 0 aliphatic carbocycles. The van der Waals surface area contributed by atoms with Gasteiger partial charge < -0.3 is 15.3 Å². The molecule has 2 N–H and O–H groups in total. The number of guanidine groups is 1. The molecule has 0 spiro atoms. The molecule has 0 aromatic heterocycles. The molecule has 1 unspecified atom stereocenters. The molecule has 0 amide bonds. The first-order valence-corrected chi connectivity index (χ1v) is 9.67. The maximum Gasteiger partial charge on any atom is 0.194 e. The molecule has 148 valence electrons. The zero-order valence-corrected chi connectivity index (χ0v) is 18.7. The number of aliphatic imine (C=N–C) groups is 1. The lowest BCUT2D eigenvalue weighted by Gasteiger charge is -2.29. The molecule has 1 saturated heterocycles. The normalized spacial score (nSPS) is 18.7. The monoisotopic (exact) mass is 474 g/mol. The van der Waals surface area contributed by atoms with Crippen molar-refractivity contribution in [3.8, 4) is 0 Å². The first-order chi connectivity index (χ1) is 12.2. The second-order valence-corrected chi connectivity index (χ2v) is 6.65. The first-order valence-electron chi connectivity index (χ1n) is 9.67. The van der Waals surface area contributed by atoms with Crippen LogP contribution in [0.25, 0.3) is 0 Å². The van der Waals surface area contributed by atoms with Gasteiger partial charge in [0, 0.05) is 25.7 Å². The molecule has 1 aromatic rings. The highest BCUT2D eigenvalue weighted by atomic mass is 127. The second-order valence-electron chi connectivity index (χ2n) is 6.65. The Morgan fingerprint density at radius 1 is 1.27 bits per heavy atom. The van der Waals surface area contributed by atoms with E-state index in [-0.39, 0.29) is 30.1 Å². The van der Waals surface area contributed by atoms with E-state index in [1.54, 1.807) is 0 Å². The summed E-state index contributed by atoms with van der Waals surface area (Å²) in [6, 6.07) is 11.1. The van der Waals surface area contributed by atoms with Crippen molar-refractivity contribution in [2.45, 2.75) is 45.8 Å². The third-order valence-electron chi connectivity index (χ3n) is 4.89. The Balaban J connectivity index is 0.00000338. The van der Waals surface area contributed by atoms with Gasteiger partial charge in [0.1, 0.15) is 0 Å². The molecule has 5 nitrogen and oxygen atoms in total. The quantitative estimate of drug-likeness (QED) is 0.346. The standard InChI is InChI=1S/C20H34N4O.HI/c1-4-21-20(24-13-12-19(25)16-24)22-15-18(23(5-2)6-3)14-17-10-8-7-9-11-17;/h7-11,18-19,25H,4-6,12-16H2,1-3H3,(H,21,22);1H/t18?,19-;/m1./s1. The van der Waals surface area contributed by atoms with Crippen molar-refractivity contribution < 1.29 is 5.11 Å². The summed E-state index contributed by atoms with van der Waals surface area (Å²) in [4.78, 5) is 9.58. The topological polar surface area (TPSA) is 51.1 Å². The molecule has 1 heterocycles. The summed E-state index contributed by atoms with van der Waals surface area (Å²) >= 11 is 0. The lowest BCUT2D eigenvalue weighted by atomic mass is 10.0. The number of benzene rings is 1. The highest BCUT2D eigenvalue weighted by Crippen LogP contribution is 2.12. The van der Waals surface area contributed by atoms with Gasteiger partial charge in [-0.25, -0.2) is 0 Å². The van der Waals surface area contributed by atoms with E-state index in [9.17, 15) is 5.11 Å². The van der Waals surface area contributed by atoms with Crippen LogP contribution in [0.15, 0.2) is 35.3 Å². The van der Waals surface area contributed by atoms with Crippen LogP contribution in [0.2, 0.25) is 0 Å². The molecule has 0 bridgehead atoms. The van der Waals surface area contributed by atoms with E-state index in [0.717, 1.165) is 51.5 Å². The Morgan fingerprint density at radius 2 is 1.96 bits per heavy atom. The van der Waals surface area contributed by atoms with Crippen LogP contribution in [0.3, 0.4) is 0 Å². The van der Waals surface area contributed by atoms with Gasteiger partial charge in [-0.15, -0.1) is 24.0 Å². The molecule has 6 heteroatoms. The molecule has 26 heavy (non-hydrogen) atoms. The van der Waals surface area contributed by atoms with E-state index in [1.165, 1.54) is 5.56 Å². The fourth-order valence-electron chi connectivity index (χ4n) is 3.49. The Morgan fingerprint density at radius 3 is 2.50 bits per heavy atom. The van der Waals surface area contributed by atoms with Crippen molar-refractivity contribution in [3.63, 3.8) is 0 Å². The van der Waals surface area contributed by atoms with E-state index in [4.69, 9.17) is 4.99 Å². The largest absolute Gasteiger partial charge is 0.391 e. The number of rotatable bonds is 8. The lowest BCUT2D eigenvalue weighted by molar-refractivity contribution is 0.187. The fourth-order valence-corrected chi connectivity index (χ4v) is 3.49. The summed E-state index contributed by atoms with van der Waals surface area (Å²) in [5.41, 5.74) is 1.36. The van der Waals surface area contributed by atoms with Gasteiger partial charge in [0.15, 0.2) is 5.96 Å². The number of likely N-dealkylation sites (tertiary alicyclic amines) is 1. The van der Waals surface area contributed by atoms with Crippen molar-refractivity contribution in [1.82, 2.24) is 15.1 Å². The Kier molecular flexibility index (Phi) is 11.2. The van der Waals surface area contributed by atoms with Gasteiger partial charge >= 0.3 is 0 Å². The highest BCUT2D eigenvalue weighted by molar-refractivity contribution is 14.0. The summed E-state index contributed by atoms with van der Waals surface area (Å²) in [5, 5.41) is 13.2. The van der Waals surface area contributed by atoms with Crippen molar-refractivity contribution in [3.05, 3.63) is 35.9 Å². The SMILES string of the molecule is CCNC(=NCC(Cc1ccccc1)N(CC)CC)N1CC[C@@H](O)C1.I. The smallest absolute Gasteiger partial charge is 0.194 e. The average molecular weight is 474 g/mol. The molecular weight excluding hydrogens is 439 g/mol. The molecular formula is C20H35IN4O. The number of hydrogen-bond acceptors (Lipinski definition) is 3. The molecule has 1 aliphatic heterocycles. The zero-order chi connectivity index (χ0) is 18.1. The molecule has 2 rings (SSSR count). The summed E-state index contributed by atoms with van der Waals surface area (Å²) in [7, 11) is 0. The third-order valence-corrected chi connectivity index (χ3v) is 4.89. The molecule has 1 aliphatic rings. The van der Waals surface area contributed by atoms with Gasteiger partial charge in [-0.1, -0.05) is 44.2 Å². The second kappa shape index (κ2) is 12.5. The zero-order valence-electron chi connectivity index (χ0n) is 16.4. The predicted molar refractivity (Wildman–Crippen MR) is 120 cm³/mol. The number of aliphatic hydroxyl groups excluding tert-OH is 1. The first kappa shape index (κ1) is 23.2. The molecule has 1 aromatic carbocycles. The van der Waals surface area contributed by atoms with Gasteiger partial charge in [-0.05, 0) is 38.4 Å². The van der Waals surface area contributed by atoms with Crippen molar-refractivity contribution in [1.29, 1.82) is 0 Å². The minimum absolute atomic E-state index is 0. The van der Waals surface area contributed by atoms with Gasteiger partial charge in [0.05, 0.1) is 12.6 Å². The predicted octanol–water partition coefficient (Wildman–Crippen LogP) is 2.59. The van der Waals surface area contributed by atoms with Crippen LogP contribution in [0, 0.1) is 0 Å². The number of halogens is 1. The lowest BCUT2D eigenvalue weighted by Crippen LogP contribution is -2.43. The summed E-state index contributed by atoms with van der Waals surface area (Å²) in [5.74, 6) is 0.935. The minimum Gasteiger partial charge on any atom is -0.391 e. The van der Waals surface area contributed by atoms with Crippen molar-refractivity contribution in [2.75, 3.05) is 39.3 Å². The van der Waals surface area contributed by atoms with Crippen molar-refractivity contribution >= 4 is 29.9 Å². The molecule has 0 radical (unpaired) electrons. The van der Waals surface area contributed by atoms with Crippen LogP contribution in [0.5, 0.6) is 0 Å². The van der Waals surface area contributed by atoms with E-state index in [1.807, 2.05) is 0 Å². The Bertz CT molecular complexity index is 522. The van der Waals surface area contributed by atoms with Gasteiger partial charge in [0.2, 0.25) is 0 Å². The summed E-state index contributed by atoms with van der Waals surface area (Å²) in [6.07, 6.45) is 1.61. The summed E-state index contributed by atoms with van der Waals surface area (Å²) < 4.78 is 0. The Labute approximate surface area is 175 Å². The van der Waals surface area contributed by atoms with Gasteiger partial charge in [0.25, 0.3) is 0 Å². The van der Waals surface area contributed by atoms with Crippen LogP contribution < -0.4 is 5.32 Å². The fraction of sp³-hybridized carbons (Fsp3) is 0.650. The van der Waals surface area contributed by atoms with E-state index < -0.39 is 0 Å². The van der Waals surface area contributed by atoms with Gasteiger partial charge in [-0.3, -0.25) is 9.89 Å². The summed E-state index contributed by atoms with van der Waals surface area (Å²) in [6.45, 7) is 11.8. The number of β-amino-alcohol motifs (C(OH)–C–C–N with tert-alkyl or cyclic N) is 1. The van der Waals surface area contributed by atoms with Gasteiger partial charge in [-0.2, -0.15) is 0 Å². The van der Waals surface area contributed by atoms with Crippen molar-refractivity contribution in [2.24, 2.45) is 4.99 Å². The van der Waals surface area contributed by atoms with Crippen LogP contribution in [-0.4, -0.2) is 72.3 Å². The van der Waals surface area contributed by atoms with E-state index >= 15 is 0 Å².